The number of hydrogen-bond acceptors (Lipinski definition) is 9. The first-order valence-corrected chi connectivity index (χ1v) is 13.6. The molecule has 39 heavy (non-hydrogen) atoms. The highest BCUT2D eigenvalue weighted by molar-refractivity contribution is 5.90. The molecule has 1 spiro atoms. The molecule has 3 fully saturated rings. The lowest BCUT2D eigenvalue weighted by Gasteiger charge is -2.48. The third-order valence-corrected chi connectivity index (χ3v) is 9.20. The van der Waals surface area contributed by atoms with E-state index in [1.165, 1.54) is 0 Å². The summed E-state index contributed by atoms with van der Waals surface area (Å²) in [6.45, 7) is 5.53. The summed E-state index contributed by atoms with van der Waals surface area (Å²) in [7, 11) is 0. The standard InChI is InChI=1S/C27H31F2N9O/c1-16-23(31)26(15-39-16)4-6-36(7-5-26)21-14-32-22-24(33-21)34-35-25(22)38-9-8-37(18-11-27(28,29)12-18)20-10-17(13-30)2-3-19(20)38/h2-3,10,14,16,18,23H,4-9,11-12,15,31H2,1H3,(H,33,34,35)/t16-,23+/m0/s1. The van der Waals surface area contributed by atoms with E-state index in [1.807, 2.05) is 22.8 Å². The van der Waals surface area contributed by atoms with Gasteiger partial charge in [-0.25, -0.2) is 18.7 Å². The molecule has 5 heterocycles. The molecule has 0 amide bonds. The van der Waals surface area contributed by atoms with Gasteiger partial charge in [-0.15, -0.1) is 0 Å². The van der Waals surface area contributed by atoms with Crippen LogP contribution in [0.1, 0.15) is 38.2 Å². The fraction of sp³-hybridized carbons (Fsp3) is 0.556. The van der Waals surface area contributed by atoms with Crippen molar-refractivity contribution in [2.75, 3.05) is 47.5 Å². The number of anilines is 4. The molecule has 10 nitrogen and oxygen atoms in total. The number of fused-ring (bicyclic) bond motifs is 2. The minimum atomic E-state index is -2.62. The number of piperidine rings is 1. The Morgan fingerprint density at radius 3 is 2.64 bits per heavy atom. The van der Waals surface area contributed by atoms with Crippen LogP contribution in [0.4, 0.5) is 31.8 Å². The first-order valence-electron chi connectivity index (χ1n) is 13.6. The van der Waals surface area contributed by atoms with Gasteiger partial charge < -0.3 is 25.2 Å². The highest BCUT2D eigenvalue weighted by Crippen LogP contribution is 2.47. The molecule has 2 aromatic heterocycles. The summed E-state index contributed by atoms with van der Waals surface area (Å²) >= 11 is 0. The van der Waals surface area contributed by atoms with Crippen molar-refractivity contribution in [1.82, 2.24) is 20.2 Å². The molecule has 0 radical (unpaired) electrons. The molecule has 7 rings (SSSR count). The topological polar surface area (TPSA) is 123 Å². The minimum Gasteiger partial charge on any atom is -0.376 e. The third kappa shape index (κ3) is 3.90. The highest BCUT2D eigenvalue weighted by Gasteiger charge is 2.49. The molecule has 12 heteroatoms. The number of aromatic nitrogens is 4. The predicted octanol–water partition coefficient (Wildman–Crippen LogP) is 3.31. The smallest absolute Gasteiger partial charge is 0.252 e. The summed E-state index contributed by atoms with van der Waals surface area (Å²) in [4.78, 5) is 15.9. The Balaban J connectivity index is 1.15. The monoisotopic (exact) mass is 535 g/mol. The fourth-order valence-electron chi connectivity index (χ4n) is 6.72. The van der Waals surface area contributed by atoms with Crippen LogP contribution in [-0.2, 0) is 4.74 Å². The molecule has 4 aliphatic rings. The van der Waals surface area contributed by atoms with Gasteiger partial charge in [0.2, 0.25) is 0 Å². The molecule has 204 valence electrons. The van der Waals surface area contributed by atoms with Gasteiger partial charge in [0.1, 0.15) is 5.82 Å². The number of rotatable bonds is 3. The number of H-pyrrole nitrogens is 1. The largest absolute Gasteiger partial charge is 0.376 e. The number of nitrogens with two attached hydrogens (primary N) is 1. The van der Waals surface area contributed by atoms with E-state index in [1.54, 1.807) is 18.3 Å². The Morgan fingerprint density at radius 1 is 1.15 bits per heavy atom. The number of hydrogen-bond donors (Lipinski definition) is 2. The quantitative estimate of drug-likeness (QED) is 0.520. The molecular weight excluding hydrogens is 504 g/mol. The van der Waals surface area contributed by atoms with E-state index >= 15 is 0 Å². The van der Waals surface area contributed by atoms with Crippen LogP contribution < -0.4 is 20.4 Å². The number of nitriles is 1. The number of nitrogens with zero attached hydrogens (tertiary/aromatic N) is 7. The third-order valence-electron chi connectivity index (χ3n) is 9.20. The Kier molecular flexibility index (Phi) is 5.48. The SMILES string of the molecule is C[C@@H]1OCC2(CCN(c3cnc4c(N5CCN(C6CC(F)(F)C6)c6cc(C#N)ccc65)n[nH]c4n3)CC2)[C@@H]1N. The molecule has 1 aromatic carbocycles. The van der Waals surface area contributed by atoms with Crippen LogP contribution in [0.25, 0.3) is 11.2 Å². The second kappa shape index (κ2) is 8.72. The van der Waals surface area contributed by atoms with Crippen molar-refractivity contribution in [3.8, 4) is 6.07 Å². The Morgan fingerprint density at radius 2 is 1.95 bits per heavy atom. The van der Waals surface area contributed by atoms with Crippen molar-refractivity contribution >= 4 is 34.2 Å². The van der Waals surface area contributed by atoms with Gasteiger partial charge in [-0.3, -0.25) is 5.10 Å². The summed E-state index contributed by atoms with van der Waals surface area (Å²) in [5, 5.41) is 17.1. The van der Waals surface area contributed by atoms with Crippen LogP contribution >= 0.6 is 0 Å². The van der Waals surface area contributed by atoms with E-state index in [0.29, 0.717) is 42.2 Å². The number of benzene rings is 1. The zero-order valence-corrected chi connectivity index (χ0v) is 21.8. The van der Waals surface area contributed by atoms with Gasteiger partial charge >= 0.3 is 0 Å². The van der Waals surface area contributed by atoms with Crippen molar-refractivity contribution in [2.45, 2.75) is 56.7 Å². The Bertz CT molecular complexity index is 1450. The zero-order chi connectivity index (χ0) is 26.9. The van der Waals surface area contributed by atoms with Crippen LogP contribution in [0, 0.1) is 16.7 Å². The number of aromatic amines is 1. The molecule has 1 aliphatic carbocycles. The highest BCUT2D eigenvalue weighted by atomic mass is 19.3. The van der Waals surface area contributed by atoms with E-state index in [-0.39, 0.29) is 36.4 Å². The van der Waals surface area contributed by atoms with Crippen molar-refractivity contribution in [3.05, 3.63) is 30.0 Å². The van der Waals surface area contributed by atoms with Crippen LogP contribution in [-0.4, -0.2) is 77.1 Å². The number of nitrogens with one attached hydrogen (secondary N) is 1. The van der Waals surface area contributed by atoms with Crippen LogP contribution in [0.15, 0.2) is 24.4 Å². The van der Waals surface area contributed by atoms with Crippen molar-refractivity contribution in [3.63, 3.8) is 0 Å². The van der Waals surface area contributed by atoms with Gasteiger partial charge in [0.15, 0.2) is 17.0 Å². The van der Waals surface area contributed by atoms with E-state index in [2.05, 4.69) is 21.2 Å². The predicted molar refractivity (Wildman–Crippen MR) is 142 cm³/mol. The average Bonchev–Trinajstić information content (AvgIpc) is 3.47. The summed E-state index contributed by atoms with van der Waals surface area (Å²) < 4.78 is 33.2. The number of ether oxygens (including phenoxy) is 1. The van der Waals surface area contributed by atoms with E-state index in [4.69, 9.17) is 20.4 Å². The van der Waals surface area contributed by atoms with Crippen LogP contribution in [0.3, 0.4) is 0 Å². The normalized spacial score (nSPS) is 26.1. The maximum atomic E-state index is 13.7. The summed E-state index contributed by atoms with van der Waals surface area (Å²) in [5.74, 6) is -1.19. The number of alkyl halides is 2. The van der Waals surface area contributed by atoms with Gasteiger partial charge in [-0.2, -0.15) is 10.4 Å². The molecule has 2 atom stereocenters. The maximum Gasteiger partial charge on any atom is 0.252 e. The van der Waals surface area contributed by atoms with Crippen molar-refractivity contribution in [1.29, 1.82) is 5.26 Å². The zero-order valence-electron chi connectivity index (χ0n) is 21.8. The lowest BCUT2D eigenvalue weighted by Crippen LogP contribution is -2.54. The van der Waals surface area contributed by atoms with Crippen LogP contribution in [0.5, 0.6) is 0 Å². The molecule has 3 aromatic rings. The first kappa shape index (κ1) is 24.5. The van der Waals surface area contributed by atoms with Crippen molar-refractivity contribution in [2.24, 2.45) is 11.1 Å². The lowest BCUT2D eigenvalue weighted by atomic mass is 9.73. The Labute approximate surface area is 224 Å². The van der Waals surface area contributed by atoms with Crippen LogP contribution in [0.2, 0.25) is 0 Å². The second-order valence-electron chi connectivity index (χ2n) is 11.4. The summed E-state index contributed by atoms with van der Waals surface area (Å²) in [5.41, 5.74) is 9.83. The molecular formula is C27H31F2N9O. The van der Waals surface area contributed by atoms with Gasteiger partial charge in [0, 0.05) is 56.5 Å². The maximum absolute atomic E-state index is 13.7. The molecule has 0 unspecified atom stereocenters. The van der Waals surface area contributed by atoms with Gasteiger partial charge in [-0.1, -0.05) is 0 Å². The summed E-state index contributed by atoms with van der Waals surface area (Å²) in [6, 6.07) is 7.36. The molecule has 3 aliphatic heterocycles. The van der Waals surface area contributed by atoms with E-state index in [0.717, 1.165) is 43.1 Å². The van der Waals surface area contributed by atoms with E-state index < -0.39 is 5.92 Å². The van der Waals surface area contributed by atoms with Gasteiger partial charge in [0.25, 0.3) is 5.92 Å². The fourth-order valence-corrected chi connectivity index (χ4v) is 6.72. The molecule has 0 bridgehead atoms. The minimum absolute atomic E-state index is 0.0327. The van der Waals surface area contributed by atoms with Crippen molar-refractivity contribution < 1.29 is 13.5 Å². The molecule has 1 saturated carbocycles. The first-order chi connectivity index (χ1) is 18.8. The van der Waals surface area contributed by atoms with E-state index in [9.17, 15) is 14.0 Å². The lowest BCUT2D eigenvalue weighted by molar-refractivity contribution is -0.0858. The number of halogens is 2. The molecule has 3 N–H and O–H groups in total. The molecule has 2 saturated heterocycles. The second-order valence-corrected chi connectivity index (χ2v) is 11.4. The summed E-state index contributed by atoms with van der Waals surface area (Å²) in [6.07, 6.45) is 3.44. The average molecular weight is 536 g/mol. The Hall–Kier alpha value is -3.56. The van der Waals surface area contributed by atoms with Gasteiger partial charge in [-0.05, 0) is 38.0 Å². The van der Waals surface area contributed by atoms with Gasteiger partial charge in [0.05, 0.1) is 41.9 Å².